The average Bonchev–Trinajstić information content (AvgIpc) is 3.29. The van der Waals surface area contributed by atoms with Crippen molar-refractivity contribution in [2.24, 2.45) is 0 Å². The number of pyridine rings is 4. The van der Waals surface area contributed by atoms with Crippen LogP contribution in [0, 0.1) is 0 Å². The van der Waals surface area contributed by atoms with Gasteiger partial charge in [-0.25, -0.2) is 15.0 Å². The summed E-state index contributed by atoms with van der Waals surface area (Å²) in [6.45, 7) is 0. The van der Waals surface area contributed by atoms with Crippen LogP contribution in [0.1, 0.15) is 17.9 Å². The summed E-state index contributed by atoms with van der Waals surface area (Å²) in [4.78, 5) is 20.4. The Bertz CT molecular complexity index is 2900. The van der Waals surface area contributed by atoms with Crippen LogP contribution in [0.5, 0.6) is 0 Å². The summed E-state index contributed by atoms with van der Waals surface area (Å²) in [6, 6.07) is 59.4. The first-order valence-corrected chi connectivity index (χ1v) is 19.1. The quantitative estimate of drug-likeness (QED) is 0.154. The molecule has 4 heterocycles. The maximum Gasteiger partial charge on any atom is 0.0979 e. The van der Waals surface area contributed by atoms with E-state index in [1.165, 1.54) is 5.56 Å². The second kappa shape index (κ2) is 14.5. The molecule has 1 unspecified atom stereocenters. The van der Waals surface area contributed by atoms with E-state index in [9.17, 15) is 0 Å². The second-order valence-corrected chi connectivity index (χ2v) is 14.2. The van der Waals surface area contributed by atoms with E-state index < -0.39 is 0 Å². The van der Waals surface area contributed by atoms with Gasteiger partial charge in [0.15, 0.2) is 0 Å². The van der Waals surface area contributed by atoms with E-state index in [0.29, 0.717) is 5.92 Å². The summed E-state index contributed by atoms with van der Waals surface area (Å²) in [5, 5.41) is 2.08. The van der Waals surface area contributed by atoms with Gasteiger partial charge in [0.1, 0.15) is 0 Å². The number of rotatable bonds is 7. The molecule has 1 aliphatic carbocycles. The number of hydrogen-bond acceptors (Lipinski definition) is 4. The molecule has 1 atom stereocenters. The van der Waals surface area contributed by atoms with E-state index in [0.717, 1.165) is 95.6 Å². The largest absolute Gasteiger partial charge is 0.256 e. The molecule has 0 N–H and O–H groups in total. The van der Waals surface area contributed by atoms with Crippen molar-refractivity contribution in [2.45, 2.75) is 12.3 Å². The molecular weight excluding hydrogens is 681 g/mol. The minimum absolute atomic E-state index is 0.334. The number of aromatic nitrogens is 4. The number of benzene rings is 5. The highest BCUT2D eigenvalue weighted by atomic mass is 14.8. The highest BCUT2D eigenvalue weighted by molar-refractivity contribution is 6.09. The molecule has 0 aliphatic heterocycles. The lowest BCUT2D eigenvalue weighted by Gasteiger charge is -2.17. The van der Waals surface area contributed by atoms with Gasteiger partial charge in [0.05, 0.1) is 39.5 Å². The van der Waals surface area contributed by atoms with Crippen LogP contribution < -0.4 is 0 Å². The van der Waals surface area contributed by atoms with Crippen LogP contribution in [0.2, 0.25) is 0 Å². The van der Waals surface area contributed by atoms with Gasteiger partial charge in [0.25, 0.3) is 0 Å². The Morgan fingerprint density at radius 3 is 1.61 bits per heavy atom. The topological polar surface area (TPSA) is 51.6 Å². The van der Waals surface area contributed by atoms with Crippen LogP contribution in [0.25, 0.3) is 89.2 Å². The molecule has 10 rings (SSSR count). The van der Waals surface area contributed by atoms with Gasteiger partial charge in [-0.3, -0.25) is 4.98 Å². The Labute approximate surface area is 326 Å². The lowest BCUT2D eigenvalue weighted by atomic mass is 9.90. The Hall–Kier alpha value is -7.30. The van der Waals surface area contributed by atoms with Gasteiger partial charge in [-0.15, -0.1) is 0 Å². The van der Waals surface area contributed by atoms with Crippen LogP contribution in [-0.2, 0) is 0 Å². The Kier molecular flexibility index (Phi) is 8.62. The first-order valence-electron chi connectivity index (χ1n) is 19.1. The zero-order chi connectivity index (χ0) is 37.3. The molecular formula is C52H36N4. The van der Waals surface area contributed by atoms with E-state index in [4.69, 9.17) is 19.9 Å². The summed E-state index contributed by atoms with van der Waals surface area (Å²) in [7, 11) is 0. The summed E-state index contributed by atoms with van der Waals surface area (Å²) >= 11 is 0. The molecule has 0 spiro atoms. The van der Waals surface area contributed by atoms with Crippen molar-refractivity contribution in [2.75, 3.05) is 0 Å². The van der Waals surface area contributed by atoms with Gasteiger partial charge in [-0.05, 0) is 59.5 Å². The van der Waals surface area contributed by atoms with Crippen molar-refractivity contribution < 1.29 is 0 Å². The zero-order valence-electron chi connectivity index (χ0n) is 30.6. The molecule has 9 aromatic rings. The summed E-state index contributed by atoms with van der Waals surface area (Å²) in [5.41, 5.74) is 15.3. The third-order valence-electron chi connectivity index (χ3n) is 10.7. The van der Waals surface area contributed by atoms with Crippen molar-refractivity contribution >= 4 is 21.8 Å². The van der Waals surface area contributed by atoms with Crippen molar-refractivity contribution in [1.29, 1.82) is 0 Å². The SMILES string of the molecule is C1=CCC(c2cc(-c3ccccc3)nc(-c3ccc(-c4ccc(-c5cc(-c6ccccn6)c6ccc7ccc(-c8ccccc8)nc7c6n5)cc4)cc3)c2)C=C1. The fourth-order valence-electron chi connectivity index (χ4n) is 7.69. The zero-order valence-corrected chi connectivity index (χ0v) is 30.6. The molecule has 4 aromatic heterocycles. The average molecular weight is 717 g/mol. The first-order chi connectivity index (χ1) is 27.7. The highest BCUT2D eigenvalue weighted by Crippen LogP contribution is 2.37. The van der Waals surface area contributed by atoms with Crippen LogP contribution in [-0.4, -0.2) is 19.9 Å². The lowest BCUT2D eigenvalue weighted by Crippen LogP contribution is -1.99. The van der Waals surface area contributed by atoms with E-state index in [1.807, 2.05) is 42.6 Å². The normalized spacial score (nSPS) is 13.7. The van der Waals surface area contributed by atoms with Crippen LogP contribution in [0.3, 0.4) is 0 Å². The first kappa shape index (κ1) is 33.3. The van der Waals surface area contributed by atoms with Crippen LogP contribution >= 0.6 is 0 Å². The van der Waals surface area contributed by atoms with E-state index in [1.54, 1.807) is 0 Å². The van der Waals surface area contributed by atoms with E-state index in [-0.39, 0.29) is 0 Å². The molecule has 0 saturated carbocycles. The predicted octanol–water partition coefficient (Wildman–Crippen LogP) is 13.2. The molecule has 4 heteroatoms. The monoisotopic (exact) mass is 716 g/mol. The molecule has 0 fully saturated rings. The van der Waals surface area contributed by atoms with Crippen LogP contribution in [0.4, 0.5) is 0 Å². The molecule has 0 amide bonds. The number of allylic oxidation sites excluding steroid dienone is 4. The van der Waals surface area contributed by atoms with Gasteiger partial charge in [0.2, 0.25) is 0 Å². The van der Waals surface area contributed by atoms with Gasteiger partial charge < -0.3 is 0 Å². The van der Waals surface area contributed by atoms with Crippen molar-refractivity contribution in [3.8, 4) is 67.4 Å². The smallest absolute Gasteiger partial charge is 0.0979 e. The maximum absolute atomic E-state index is 5.31. The molecule has 4 nitrogen and oxygen atoms in total. The summed E-state index contributed by atoms with van der Waals surface area (Å²) in [5.74, 6) is 0.334. The highest BCUT2D eigenvalue weighted by Gasteiger charge is 2.16. The van der Waals surface area contributed by atoms with Gasteiger partial charge in [-0.2, -0.15) is 0 Å². The van der Waals surface area contributed by atoms with E-state index >= 15 is 0 Å². The van der Waals surface area contributed by atoms with Crippen LogP contribution in [0.15, 0.2) is 200 Å². The fraction of sp³-hybridized carbons (Fsp3) is 0.0385. The fourth-order valence-corrected chi connectivity index (χ4v) is 7.69. The van der Waals surface area contributed by atoms with Crippen molar-refractivity contribution in [1.82, 2.24) is 19.9 Å². The standard InChI is InChI=1S/C52H36N4/c1-4-12-35(13-5-1)43-32-48(39-16-8-3-9-17-39)54-49(33-43)40-23-19-36(20-24-40)37-21-25-41(26-22-37)50-34-45(47-18-10-11-31-53-47)44-29-27-42-28-30-46(38-14-6-2-7-15-38)55-51(42)52(44)56-50/h1-12,14-35H,13H2. The molecule has 56 heavy (non-hydrogen) atoms. The Morgan fingerprint density at radius 1 is 0.411 bits per heavy atom. The lowest BCUT2D eigenvalue weighted by molar-refractivity contribution is 0.852. The van der Waals surface area contributed by atoms with Gasteiger partial charge >= 0.3 is 0 Å². The van der Waals surface area contributed by atoms with Gasteiger partial charge in [-0.1, -0.05) is 158 Å². The predicted molar refractivity (Wildman–Crippen MR) is 231 cm³/mol. The van der Waals surface area contributed by atoms with E-state index in [2.05, 4.69) is 158 Å². The van der Waals surface area contributed by atoms with Crippen molar-refractivity contribution in [3.63, 3.8) is 0 Å². The molecule has 0 radical (unpaired) electrons. The number of fused-ring (bicyclic) bond motifs is 3. The molecule has 264 valence electrons. The van der Waals surface area contributed by atoms with Crippen molar-refractivity contribution in [3.05, 3.63) is 206 Å². The number of nitrogens with zero attached hydrogens (tertiary/aromatic N) is 4. The Morgan fingerprint density at radius 2 is 0.982 bits per heavy atom. The third-order valence-corrected chi connectivity index (χ3v) is 10.7. The summed E-state index contributed by atoms with van der Waals surface area (Å²) < 4.78 is 0. The molecule has 0 bridgehead atoms. The third kappa shape index (κ3) is 6.48. The summed E-state index contributed by atoms with van der Waals surface area (Å²) in [6.07, 6.45) is 11.6. The second-order valence-electron chi connectivity index (χ2n) is 14.2. The minimum atomic E-state index is 0.334. The molecule has 0 saturated heterocycles. The Balaban J connectivity index is 1.01. The molecule has 1 aliphatic rings. The molecule has 5 aromatic carbocycles. The number of hydrogen-bond donors (Lipinski definition) is 0. The minimum Gasteiger partial charge on any atom is -0.256 e. The maximum atomic E-state index is 5.31. The van der Waals surface area contributed by atoms with Gasteiger partial charge in [0, 0.05) is 50.7 Å².